The van der Waals surface area contributed by atoms with E-state index in [4.69, 9.17) is 9.73 Å². The Kier molecular flexibility index (Phi) is 5.50. The van der Waals surface area contributed by atoms with Gasteiger partial charge in [0.1, 0.15) is 21.2 Å². The molecule has 1 aliphatic carbocycles. The second-order valence-corrected chi connectivity index (χ2v) is 13.6. The molecule has 4 aliphatic rings. The molecule has 4 nitrogen and oxygen atoms in total. The first-order chi connectivity index (χ1) is 14.7. The monoisotopic (exact) mass is 420 g/mol. The third kappa shape index (κ3) is 3.32. The molecule has 158 valence electrons. The first-order valence-electron chi connectivity index (χ1n) is 11.8. The van der Waals surface area contributed by atoms with Crippen LogP contribution in [0.15, 0.2) is 46.6 Å². The van der Waals surface area contributed by atoms with Crippen LogP contribution in [0.2, 0.25) is 12.1 Å². The molecule has 30 heavy (non-hydrogen) atoms. The Bertz CT molecular complexity index is 941. The highest BCUT2D eigenvalue weighted by atomic mass is 28.3. The van der Waals surface area contributed by atoms with Crippen molar-refractivity contribution in [1.29, 1.82) is 0 Å². The number of fused-ring (bicyclic) bond motifs is 2. The van der Waals surface area contributed by atoms with Gasteiger partial charge in [-0.2, -0.15) is 0 Å². The lowest BCUT2D eigenvalue weighted by Gasteiger charge is -2.39. The van der Waals surface area contributed by atoms with Crippen molar-refractivity contribution < 1.29 is 9.31 Å². The van der Waals surface area contributed by atoms with Gasteiger partial charge in [0.25, 0.3) is 0 Å². The summed E-state index contributed by atoms with van der Waals surface area (Å²) < 4.78 is 8.17. The second kappa shape index (κ2) is 8.27. The van der Waals surface area contributed by atoms with Crippen LogP contribution in [-0.4, -0.2) is 63.5 Å². The van der Waals surface area contributed by atoms with E-state index in [0.29, 0.717) is 0 Å². The Morgan fingerprint density at radius 2 is 1.80 bits per heavy atom. The number of benzene rings is 1. The van der Waals surface area contributed by atoms with Gasteiger partial charge in [-0.05, 0) is 41.1 Å². The summed E-state index contributed by atoms with van der Waals surface area (Å²) in [6, 6.07) is 9.49. The Morgan fingerprint density at radius 3 is 2.53 bits per heavy atom. The van der Waals surface area contributed by atoms with Crippen molar-refractivity contribution in [3.05, 3.63) is 41.6 Å². The molecule has 3 heterocycles. The van der Waals surface area contributed by atoms with Crippen LogP contribution >= 0.6 is 0 Å². The summed E-state index contributed by atoms with van der Waals surface area (Å²) >= 11 is 0. The molecule has 2 fully saturated rings. The second-order valence-electron chi connectivity index (χ2n) is 8.95. The van der Waals surface area contributed by atoms with E-state index < -0.39 is 8.07 Å². The molecule has 2 saturated heterocycles. The predicted octanol–water partition coefficient (Wildman–Crippen LogP) is 3.98. The molecular formula is C25H34N3OSi+. The summed E-state index contributed by atoms with van der Waals surface area (Å²) in [6.07, 6.45) is 11.1. The van der Waals surface area contributed by atoms with Crippen molar-refractivity contribution in [2.24, 2.45) is 4.99 Å². The van der Waals surface area contributed by atoms with Gasteiger partial charge in [0.05, 0.1) is 24.6 Å². The Balaban J connectivity index is 1.61. The fourth-order valence-corrected chi connectivity index (χ4v) is 10.1. The highest BCUT2D eigenvalue weighted by Gasteiger charge is 2.43. The van der Waals surface area contributed by atoms with Crippen molar-refractivity contribution in [3.63, 3.8) is 0 Å². The average molecular weight is 421 g/mol. The highest BCUT2D eigenvalue weighted by Crippen LogP contribution is 2.37. The van der Waals surface area contributed by atoms with Crippen molar-refractivity contribution >= 4 is 36.1 Å². The number of rotatable bonds is 3. The van der Waals surface area contributed by atoms with Crippen LogP contribution in [0.1, 0.15) is 33.1 Å². The number of allylic oxidation sites excluding steroid dienone is 4. The van der Waals surface area contributed by atoms with Crippen LogP contribution in [0, 0.1) is 0 Å². The minimum Gasteiger partial charge on any atom is -0.378 e. The summed E-state index contributed by atoms with van der Waals surface area (Å²) in [6.45, 7) is 10.8. The lowest BCUT2D eigenvalue weighted by molar-refractivity contribution is -0.535. The molecule has 3 aliphatic heterocycles. The van der Waals surface area contributed by atoms with Gasteiger partial charge in [-0.3, -0.25) is 0 Å². The number of hydrogen-bond donors (Lipinski definition) is 0. The smallest absolute Gasteiger partial charge is 0.199 e. The molecule has 0 unspecified atom stereocenters. The zero-order valence-electron chi connectivity index (χ0n) is 18.5. The standard InChI is InChI=1S/C25H34N3OSi/c1-3-30(4-2)24-18-20(27-12-6-5-7-13-27)8-10-22(24)26-23-11-9-21(19-25(23)30)28-14-16-29-17-15-28/h8-11,18-19H,3-7,12-17H2,1-2H3/q+1. The van der Waals surface area contributed by atoms with Crippen LogP contribution in [0.5, 0.6) is 0 Å². The zero-order valence-corrected chi connectivity index (χ0v) is 19.5. The van der Waals surface area contributed by atoms with E-state index in [1.54, 1.807) is 10.4 Å². The summed E-state index contributed by atoms with van der Waals surface area (Å²) in [5.41, 5.74) is 5.19. The van der Waals surface area contributed by atoms with E-state index in [1.807, 2.05) is 0 Å². The lowest BCUT2D eigenvalue weighted by atomic mass is 10.1. The number of aliphatic imine (C=N–C) groups is 1. The van der Waals surface area contributed by atoms with E-state index in [-0.39, 0.29) is 0 Å². The fourth-order valence-electron chi connectivity index (χ4n) is 5.66. The van der Waals surface area contributed by atoms with Crippen molar-refractivity contribution in [2.75, 3.05) is 44.3 Å². The number of nitrogens with zero attached hydrogens (tertiary/aromatic N) is 3. The lowest BCUT2D eigenvalue weighted by Crippen LogP contribution is -2.54. The molecule has 0 atom stereocenters. The van der Waals surface area contributed by atoms with E-state index in [0.717, 1.165) is 26.3 Å². The molecule has 0 amide bonds. The first kappa shape index (κ1) is 19.9. The summed E-state index contributed by atoms with van der Waals surface area (Å²) in [5.74, 6) is 0. The van der Waals surface area contributed by atoms with E-state index in [1.165, 1.54) is 67.2 Å². The van der Waals surface area contributed by atoms with Gasteiger partial charge in [-0.1, -0.05) is 25.9 Å². The van der Waals surface area contributed by atoms with Crippen LogP contribution in [0.4, 0.5) is 11.4 Å². The van der Waals surface area contributed by atoms with Gasteiger partial charge < -0.3 is 9.64 Å². The largest absolute Gasteiger partial charge is 0.378 e. The fraction of sp³-hybridized carbons (Fsp3) is 0.520. The topological polar surface area (TPSA) is 27.8 Å². The molecule has 0 radical (unpaired) electrons. The van der Waals surface area contributed by atoms with Gasteiger partial charge in [-0.15, -0.1) is 0 Å². The van der Waals surface area contributed by atoms with Gasteiger partial charge >= 0.3 is 0 Å². The summed E-state index contributed by atoms with van der Waals surface area (Å²) in [5, 5.41) is 3.10. The third-order valence-corrected chi connectivity index (χ3v) is 12.8. The maximum Gasteiger partial charge on any atom is 0.199 e. The normalized spacial score (nSPS) is 22.9. The van der Waals surface area contributed by atoms with Gasteiger partial charge in [0, 0.05) is 43.8 Å². The van der Waals surface area contributed by atoms with Crippen LogP contribution in [-0.2, 0) is 4.74 Å². The molecule has 5 heteroatoms. The molecular weight excluding hydrogens is 386 g/mol. The Hall–Kier alpha value is -1.98. The van der Waals surface area contributed by atoms with Gasteiger partial charge in [0.2, 0.25) is 0 Å². The molecule has 0 N–H and O–H groups in total. The molecule has 0 aromatic heterocycles. The molecule has 1 aromatic rings. The molecule has 5 rings (SSSR count). The van der Waals surface area contributed by atoms with E-state index in [2.05, 4.69) is 59.8 Å². The number of ether oxygens (including phenoxy) is 1. The van der Waals surface area contributed by atoms with E-state index in [9.17, 15) is 0 Å². The quantitative estimate of drug-likeness (QED) is 0.420. The van der Waals surface area contributed by atoms with Crippen molar-refractivity contribution in [3.8, 4) is 0 Å². The highest BCUT2D eigenvalue weighted by molar-refractivity contribution is 7.02. The Morgan fingerprint density at radius 1 is 1.03 bits per heavy atom. The average Bonchev–Trinajstić information content (AvgIpc) is 2.83. The first-order valence-corrected chi connectivity index (χ1v) is 14.2. The predicted molar refractivity (Wildman–Crippen MR) is 129 cm³/mol. The van der Waals surface area contributed by atoms with Gasteiger partial charge in [0.15, 0.2) is 5.71 Å². The molecule has 0 saturated carbocycles. The minimum atomic E-state index is -1.84. The van der Waals surface area contributed by atoms with Crippen LogP contribution in [0.3, 0.4) is 0 Å². The molecule has 0 bridgehead atoms. The number of hydrogen-bond acceptors (Lipinski definition) is 3. The molecule has 0 spiro atoms. The number of morpholine rings is 1. The summed E-state index contributed by atoms with van der Waals surface area (Å²) in [7, 11) is -1.84. The minimum absolute atomic E-state index is 0.827. The maximum atomic E-state index is 5.58. The van der Waals surface area contributed by atoms with Crippen LogP contribution < -0.4 is 10.1 Å². The zero-order chi connectivity index (χ0) is 20.6. The Labute approximate surface area is 181 Å². The third-order valence-electron chi connectivity index (χ3n) is 7.54. The number of anilines is 1. The SMILES string of the molecule is CC[Si]1(CC)C2=CC(=[N+]3CCCCC3)C=CC2=Nc2ccc(N3CCOCC3)cc21. The molecule has 1 aromatic carbocycles. The van der Waals surface area contributed by atoms with Gasteiger partial charge in [-0.25, -0.2) is 9.57 Å². The van der Waals surface area contributed by atoms with E-state index >= 15 is 0 Å². The van der Waals surface area contributed by atoms with Crippen molar-refractivity contribution in [1.82, 2.24) is 0 Å². The number of piperidine rings is 1. The van der Waals surface area contributed by atoms with Crippen molar-refractivity contribution in [2.45, 2.75) is 45.2 Å². The van der Waals surface area contributed by atoms with Crippen LogP contribution in [0.25, 0.3) is 0 Å². The summed E-state index contributed by atoms with van der Waals surface area (Å²) in [4.78, 5) is 7.63. The maximum absolute atomic E-state index is 5.58.